The predicted octanol–water partition coefficient (Wildman–Crippen LogP) is 3.86. The molecular formula is C27H56N2O13P2. The van der Waals surface area contributed by atoms with Gasteiger partial charge < -0.3 is 34.6 Å². The number of phosphoric acid groups is 2. The zero-order valence-corrected chi connectivity index (χ0v) is 29.1. The van der Waals surface area contributed by atoms with Crippen molar-refractivity contribution < 1.29 is 60.8 Å². The number of phosphoric ester groups is 2. The summed E-state index contributed by atoms with van der Waals surface area (Å²) in [6.45, 7) is 12.7. The highest BCUT2D eigenvalue weighted by atomic mass is 31.2. The Hall–Kier alpha value is -0.960. The van der Waals surface area contributed by atoms with Crippen LogP contribution in [0, 0.1) is 0 Å². The number of amides is 2. The van der Waals surface area contributed by atoms with Gasteiger partial charge in [0, 0.05) is 25.9 Å². The fourth-order valence-corrected chi connectivity index (χ4v) is 5.49. The SMILES string of the molecule is CC(C)(C)OP(=O)(O)OCCCCCCNC(=O)CCCC(=O)NCCOCCOCCOCCOP(=O)(O)OC(C)(C)C. The summed E-state index contributed by atoms with van der Waals surface area (Å²) in [5, 5.41) is 5.57. The predicted molar refractivity (Wildman–Crippen MR) is 164 cm³/mol. The van der Waals surface area contributed by atoms with E-state index in [1.54, 1.807) is 41.5 Å². The van der Waals surface area contributed by atoms with Crippen LogP contribution in [0.25, 0.3) is 0 Å². The van der Waals surface area contributed by atoms with E-state index in [0.717, 1.165) is 19.3 Å². The number of ether oxygens (including phenoxy) is 3. The number of nitrogens with one attached hydrogen (secondary N) is 2. The minimum absolute atomic E-state index is 0.0837. The van der Waals surface area contributed by atoms with Gasteiger partial charge in [-0.15, -0.1) is 0 Å². The number of carbonyl (C=O) groups excluding carboxylic acids is 2. The van der Waals surface area contributed by atoms with Crippen molar-refractivity contribution >= 4 is 27.5 Å². The van der Waals surface area contributed by atoms with E-state index in [1.807, 2.05) is 0 Å². The molecule has 0 aliphatic heterocycles. The summed E-state index contributed by atoms with van der Waals surface area (Å²) in [4.78, 5) is 43.0. The molecule has 4 N–H and O–H groups in total. The lowest BCUT2D eigenvalue weighted by Gasteiger charge is -2.22. The molecule has 0 fully saturated rings. The van der Waals surface area contributed by atoms with Crippen molar-refractivity contribution in [3.05, 3.63) is 0 Å². The molecule has 0 aromatic rings. The number of carbonyl (C=O) groups is 2. The molecule has 2 amide bonds. The molecule has 0 heterocycles. The van der Waals surface area contributed by atoms with Crippen LogP contribution in [-0.4, -0.2) is 98.7 Å². The topological polar surface area (TPSA) is 197 Å². The first kappa shape index (κ1) is 43.0. The molecule has 17 heteroatoms. The third kappa shape index (κ3) is 31.0. The monoisotopic (exact) mass is 678 g/mol. The van der Waals surface area contributed by atoms with Gasteiger partial charge in [0.2, 0.25) is 11.8 Å². The van der Waals surface area contributed by atoms with Gasteiger partial charge in [-0.3, -0.25) is 27.7 Å². The molecule has 0 aromatic heterocycles. The van der Waals surface area contributed by atoms with Gasteiger partial charge in [0.25, 0.3) is 0 Å². The molecule has 262 valence electrons. The molecule has 44 heavy (non-hydrogen) atoms. The van der Waals surface area contributed by atoms with Crippen LogP contribution in [0.3, 0.4) is 0 Å². The lowest BCUT2D eigenvalue weighted by molar-refractivity contribution is -0.122. The Kier molecular flexibility index (Phi) is 22.9. The Morgan fingerprint density at radius 3 is 1.45 bits per heavy atom. The third-order valence-corrected chi connectivity index (χ3v) is 7.60. The molecule has 0 saturated carbocycles. The molecule has 0 radical (unpaired) electrons. The van der Waals surface area contributed by atoms with Gasteiger partial charge in [-0.2, -0.15) is 0 Å². The van der Waals surface area contributed by atoms with Crippen molar-refractivity contribution in [1.29, 1.82) is 0 Å². The summed E-state index contributed by atoms with van der Waals surface area (Å²) in [5.41, 5.74) is -1.56. The normalized spacial score (nSPS) is 15.0. The molecule has 2 unspecified atom stereocenters. The van der Waals surface area contributed by atoms with Crippen molar-refractivity contribution in [2.45, 2.75) is 97.7 Å². The molecule has 0 bridgehead atoms. The highest BCUT2D eigenvalue weighted by Crippen LogP contribution is 2.47. The first-order valence-electron chi connectivity index (χ1n) is 15.0. The van der Waals surface area contributed by atoms with Gasteiger partial charge in [0.15, 0.2) is 0 Å². The summed E-state index contributed by atoms with van der Waals surface area (Å²) < 4.78 is 59.2. The van der Waals surface area contributed by atoms with Crippen molar-refractivity contribution in [1.82, 2.24) is 10.6 Å². The second kappa shape index (κ2) is 23.4. The van der Waals surface area contributed by atoms with E-state index in [0.29, 0.717) is 52.4 Å². The minimum Gasteiger partial charge on any atom is -0.377 e. The molecule has 2 atom stereocenters. The highest BCUT2D eigenvalue weighted by Gasteiger charge is 2.29. The molecule has 0 aliphatic rings. The first-order chi connectivity index (χ1) is 20.4. The average molecular weight is 679 g/mol. The second-order valence-corrected chi connectivity index (χ2v) is 14.6. The van der Waals surface area contributed by atoms with Crippen molar-refractivity contribution in [3.63, 3.8) is 0 Å². The van der Waals surface area contributed by atoms with E-state index in [1.165, 1.54) is 0 Å². The summed E-state index contributed by atoms with van der Waals surface area (Å²) in [6, 6.07) is 0. The summed E-state index contributed by atoms with van der Waals surface area (Å²) in [6.07, 6.45) is 3.98. The van der Waals surface area contributed by atoms with Gasteiger partial charge in [0.1, 0.15) is 0 Å². The minimum atomic E-state index is -4.11. The van der Waals surface area contributed by atoms with E-state index in [4.69, 9.17) is 32.3 Å². The average Bonchev–Trinajstić information content (AvgIpc) is 2.85. The van der Waals surface area contributed by atoms with Crippen LogP contribution in [0.4, 0.5) is 0 Å². The van der Waals surface area contributed by atoms with Crippen LogP contribution in [0.1, 0.15) is 86.5 Å². The molecule has 0 aliphatic carbocycles. The molecule has 0 spiro atoms. The van der Waals surface area contributed by atoms with Gasteiger partial charge in [0.05, 0.1) is 64.1 Å². The maximum Gasteiger partial charge on any atom is 0.472 e. The molecule has 15 nitrogen and oxygen atoms in total. The quantitative estimate of drug-likeness (QED) is 0.0722. The van der Waals surface area contributed by atoms with E-state index in [-0.39, 0.29) is 51.1 Å². The Morgan fingerprint density at radius 1 is 0.545 bits per heavy atom. The second-order valence-electron chi connectivity index (χ2n) is 11.8. The third-order valence-electron chi connectivity index (χ3n) is 5.03. The largest absolute Gasteiger partial charge is 0.472 e. The van der Waals surface area contributed by atoms with Crippen LogP contribution >= 0.6 is 15.6 Å². The van der Waals surface area contributed by atoms with E-state index in [9.17, 15) is 28.5 Å². The van der Waals surface area contributed by atoms with E-state index >= 15 is 0 Å². The molecule has 0 aromatic carbocycles. The van der Waals surface area contributed by atoms with Crippen LogP contribution in [0.5, 0.6) is 0 Å². The van der Waals surface area contributed by atoms with E-state index < -0.39 is 26.8 Å². The maximum absolute atomic E-state index is 11.9. The molecule has 0 rings (SSSR count). The Morgan fingerprint density at radius 2 is 0.955 bits per heavy atom. The lowest BCUT2D eigenvalue weighted by atomic mass is 10.2. The van der Waals surface area contributed by atoms with Gasteiger partial charge in [-0.25, -0.2) is 9.13 Å². The smallest absolute Gasteiger partial charge is 0.377 e. The standard InChI is InChI=1S/C27H56N2O13P2/c1-26(2,3)41-43(32,33)39-16-10-8-7-9-14-28-24(30)12-11-13-25(31)29-15-17-36-18-19-37-20-21-38-22-23-40-44(34,35)42-27(4,5)6/h7-23H2,1-6H3,(H,28,30)(H,29,31)(H,32,33)(H,34,35). The zero-order chi connectivity index (χ0) is 33.5. The Labute approximate surface area is 262 Å². The van der Waals surface area contributed by atoms with Crippen LogP contribution in [0.15, 0.2) is 0 Å². The first-order valence-corrected chi connectivity index (χ1v) is 18.0. The van der Waals surface area contributed by atoms with Crippen LogP contribution in [-0.2, 0) is 51.0 Å². The Balaban J connectivity index is 3.51. The number of rotatable bonds is 27. The molecule has 0 saturated heterocycles. The number of hydrogen-bond donors (Lipinski definition) is 4. The summed E-state index contributed by atoms with van der Waals surface area (Å²) in [7, 11) is -8.16. The van der Waals surface area contributed by atoms with Crippen LogP contribution in [0.2, 0.25) is 0 Å². The van der Waals surface area contributed by atoms with Gasteiger partial charge in [-0.1, -0.05) is 12.8 Å². The summed E-state index contributed by atoms with van der Waals surface area (Å²) in [5.74, 6) is -0.255. The molecular weight excluding hydrogens is 622 g/mol. The highest BCUT2D eigenvalue weighted by molar-refractivity contribution is 7.47. The van der Waals surface area contributed by atoms with Crippen LogP contribution < -0.4 is 10.6 Å². The summed E-state index contributed by atoms with van der Waals surface area (Å²) >= 11 is 0. The van der Waals surface area contributed by atoms with Gasteiger partial charge in [-0.05, 0) is 60.8 Å². The fourth-order valence-electron chi connectivity index (χ4n) is 3.34. The van der Waals surface area contributed by atoms with Crippen molar-refractivity contribution in [2.24, 2.45) is 0 Å². The number of hydrogen-bond acceptors (Lipinski definition) is 11. The number of unbranched alkanes of at least 4 members (excludes halogenated alkanes) is 3. The van der Waals surface area contributed by atoms with E-state index in [2.05, 4.69) is 10.6 Å². The van der Waals surface area contributed by atoms with Crippen molar-refractivity contribution in [2.75, 3.05) is 65.9 Å². The maximum atomic E-state index is 11.9. The fraction of sp³-hybridized carbons (Fsp3) is 0.926. The Bertz CT molecular complexity index is 879. The lowest BCUT2D eigenvalue weighted by Crippen LogP contribution is -2.28. The zero-order valence-electron chi connectivity index (χ0n) is 27.3. The van der Waals surface area contributed by atoms with Crippen molar-refractivity contribution in [3.8, 4) is 0 Å². The van der Waals surface area contributed by atoms with Gasteiger partial charge >= 0.3 is 15.6 Å².